The largest absolute Gasteiger partial charge is 0.493 e. The van der Waals surface area contributed by atoms with E-state index in [4.69, 9.17) is 4.74 Å². The molecule has 0 saturated carbocycles. The minimum Gasteiger partial charge on any atom is -0.493 e. The molecule has 0 aliphatic carbocycles. The summed E-state index contributed by atoms with van der Waals surface area (Å²) in [6.07, 6.45) is 0.265. The quantitative estimate of drug-likeness (QED) is 0.863. The monoisotopic (exact) mass is 334 g/mol. The highest BCUT2D eigenvalue weighted by atomic mass is 79.9. The van der Waals surface area contributed by atoms with Crippen molar-refractivity contribution in [3.63, 3.8) is 0 Å². The molecule has 0 heterocycles. The normalized spacial score (nSPS) is 12.2. The van der Waals surface area contributed by atoms with Gasteiger partial charge in [-0.3, -0.25) is 0 Å². The zero-order chi connectivity index (χ0) is 14.5. The van der Waals surface area contributed by atoms with Gasteiger partial charge in [-0.15, -0.1) is 0 Å². The molecular formula is C17H19BrO2. The second-order valence-corrected chi connectivity index (χ2v) is 5.71. The van der Waals surface area contributed by atoms with Crippen molar-refractivity contribution >= 4 is 15.9 Å². The zero-order valence-electron chi connectivity index (χ0n) is 11.8. The molecule has 0 aliphatic heterocycles. The Morgan fingerprint density at radius 3 is 2.65 bits per heavy atom. The van der Waals surface area contributed by atoms with Crippen LogP contribution in [0.15, 0.2) is 46.9 Å². The first-order valence-corrected chi connectivity index (χ1v) is 7.58. The number of benzene rings is 2. The summed E-state index contributed by atoms with van der Waals surface area (Å²) in [4.78, 5) is 0. The van der Waals surface area contributed by atoms with E-state index in [1.54, 1.807) is 0 Å². The Balaban J connectivity index is 2.37. The Hall–Kier alpha value is -1.32. The van der Waals surface area contributed by atoms with Gasteiger partial charge in [0.1, 0.15) is 11.9 Å². The van der Waals surface area contributed by atoms with Crippen LogP contribution < -0.4 is 4.74 Å². The third-order valence-electron chi connectivity index (χ3n) is 3.21. The van der Waals surface area contributed by atoms with E-state index in [-0.39, 0.29) is 0 Å². The second kappa shape index (κ2) is 6.91. The third kappa shape index (κ3) is 3.41. The predicted molar refractivity (Wildman–Crippen MR) is 85.2 cm³/mol. The standard InChI is InChI=1S/C17H19BrO2/c1-3-10-20-16-7-5-4-6-14(16)17(19)15-11-13(18)9-8-12(15)2/h4-9,11,17,19H,3,10H2,1-2H3. The molecule has 0 aromatic heterocycles. The van der Waals surface area contributed by atoms with Crippen LogP contribution in [0.3, 0.4) is 0 Å². The highest BCUT2D eigenvalue weighted by molar-refractivity contribution is 9.10. The molecule has 0 spiro atoms. The van der Waals surface area contributed by atoms with Crippen LogP contribution >= 0.6 is 15.9 Å². The summed E-state index contributed by atoms with van der Waals surface area (Å²) in [5, 5.41) is 10.7. The number of rotatable bonds is 5. The van der Waals surface area contributed by atoms with Crippen molar-refractivity contribution in [3.8, 4) is 5.75 Å². The van der Waals surface area contributed by atoms with Gasteiger partial charge in [-0.25, -0.2) is 0 Å². The van der Waals surface area contributed by atoms with E-state index in [2.05, 4.69) is 22.9 Å². The van der Waals surface area contributed by atoms with Gasteiger partial charge >= 0.3 is 0 Å². The van der Waals surface area contributed by atoms with Crippen molar-refractivity contribution in [1.29, 1.82) is 0 Å². The van der Waals surface area contributed by atoms with E-state index in [9.17, 15) is 5.11 Å². The first kappa shape index (κ1) is 15.1. The molecule has 20 heavy (non-hydrogen) atoms. The van der Waals surface area contributed by atoms with Crippen LogP contribution in [-0.2, 0) is 0 Å². The Kier molecular flexibility index (Phi) is 5.21. The van der Waals surface area contributed by atoms with Crippen molar-refractivity contribution < 1.29 is 9.84 Å². The number of aliphatic hydroxyl groups is 1. The van der Waals surface area contributed by atoms with E-state index in [1.165, 1.54) is 0 Å². The predicted octanol–water partition coefficient (Wildman–Crippen LogP) is 4.63. The molecule has 0 bridgehead atoms. The zero-order valence-corrected chi connectivity index (χ0v) is 13.4. The number of hydrogen-bond donors (Lipinski definition) is 1. The molecule has 3 heteroatoms. The molecule has 2 aromatic carbocycles. The van der Waals surface area contributed by atoms with Gasteiger partial charge < -0.3 is 9.84 Å². The second-order valence-electron chi connectivity index (χ2n) is 4.79. The highest BCUT2D eigenvalue weighted by Crippen LogP contribution is 2.32. The Morgan fingerprint density at radius 2 is 1.90 bits per heavy atom. The van der Waals surface area contributed by atoms with Gasteiger partial charge in [-0.05, 0) is 42.7 Å². The van der Waals surface area contributed by atoms with E-state index < -0.39 is 6.10 Å². The van der Waals surface area contributed by atoms with E-state index >= 15 is 0 Å². The average Bonchev–Trinajstić information content (AvgIpc) is 2.47. The molecule has 106 valence electrons. The van der Waals surface area contributed by atoms with Crippen molar-refractivity contribution in [2.45, 2.75) is 26.4 Å². The lowest BCUT2D eigenvalue weighted by molar-refractivity contribution is 0.210. The fourth-order valence-electron chi connectivity index (χ4n) is 2.12. The molecule has 0 aliphatic rings. The van der Waals surface area contributed by atoms with Gasteiger partial charge in [0.25, 0.3) is 0 Å². The van der Waals surface area contributed by atoms with Crippen LogP contribution in [0.5, 0.6) is 5.75 Å². The maximum atomic E-state index is 10.7. The summed E-state index contributed by atoms with van der Waals surface area (Å²) in [6.45, 7) is 4.72. The molecule has 0 amide bonds. The topological polar surface area (TPSA) is 29.5 Å². The summed E-state index contributed by atoms with van der Waals surface area (Å²) in [6, 6.07) is 13.6. The van der Waals surface area contributed by atoms with E-state index in [0.717, 1.165) is 33.3 Å². The number of aliphatic hydroxyl groups excluding tert-OH is 1. The highest BCUT2D eigenvalue weighted by Gasteiger charge is 2.17. The molecule has 2 rings (SSSR count). The summed E-state index contributed by atoms with van der Waals surface area (Å²) in [5.41, 5.74) is 2.76. The number of hydrogen-bond acceptors (Lipinski definition) is 2. The van der Waals surface area contributed by atoms with Crippen LogP contribution in [0.1, 0.15) is 36.1 Å². The van der Waals surface area contributed by atoms with Crippen LogP contribution in [0.4, 0.5) is 0 Å². The van der Waals surface area contributed by atoms with E-state index in [0.29, 0.717) is 6.61 Å². The molecule has 2 aromatic rings. The minimum atomic E-state index is -0.680. The average molecular weight is 335 g/mol. The maximum absolute atomic E-state index is 10.7. The molecule has 0 fully saturated rings. The van der Waals surface area contributed by atoms with E-state index in [1.807, 2.05) is 49.4 Å². The first-order valence-electron chi connectivity index (χ1n) is 6.79. The third-order valence-corrected chi connectivity index (χ3v) is 3.70. The Labute approximate surface area is 128 Å². The van der Waals surface area contributed by atoms with Gasteiger partial charge in [-0.1, -0.05) is 47.1 Å². The molecule has 1 N–H and O–H groups in total. The lowest BCUT2D eigenvalue weighted by atomic mass is 9.97. The van der Waals surface area contributed by atoms with Crippen molar-refractivity contribution in [2.24, 2.45) is 0 Å². The SMILES string of the molecule is CCCOc1ccccc1C(O)c1cc(Br)ccc1C. The van der Waals surface area contributed by atoms with Crippen molar-refractivity contribution in [3.05, 3.63) is 63.6 Å². The van der Waals surface area contributed by atoms with Gasteiger partial charge in [0.15, 0.2) is 0 Å². The first-order chi connectivity index (χ1) is 9.63. The van der Waals surface area contributed by atoms with Gasteiger partial charge in [0.2, 0.25) is 0 Å². The molecular weight excluding hydrogens is 316 g/mol. The van der Waals surface area contributed by atoms with Crippen molar-refractivity contribution in [2.75, 3.05) is 6.61 Å². The maximum Gasteiger partial charge on any atom is 0.125 e. The van der Waals surface area contributed by atoms with Crippen LogP contribution in [0, 0.1) is 6.92 Å². The summed E-state index contributed by atoms with van der Waals surface area (Å²) < 4.78 is 6.69. The van der Waals surface area contributed by atoms with Crippen molar-refractivity contribution in [1.82, 2.24) is 0 Å². The summed E-state index contributed by atoms with van der Waals surface area (Å²) >= 11 is 3.46. The van der Waals surface area contributed by atoms with Gasteiger partial charge in [0, 0.05) is 10.0 Å². The van der Waals surface area contributed by atoms with Gasteiger partial charge in [0.05, 0.1) is 6.61 Å². The summed E-state index contributed by atoms with van der Waals surface area (Å²) in [5.74, 6) is 0.751. The fourth-order valence-corrected chi connectivity index (χ4v) is 2.50. The number of halogens is 1. The Morgan fingerprint density at radius 1 is 1.15 bits per heavy atom. The fraction of sp³-hybridized carbons (Fsp3) is 0.294. The molecule has 1 atom stereocenters. The minimum absolute atomic E-state index is 0.654. The lowest BCUT2D eigenvalue weighted by Gasteiger charge is -2.18. The molecule has 1 unspecified atom stereocenters. The smallest absolute Gasteiger partial charge is 0.125 e. The van der Waals surface area contributed by atoms with Gasteiger partial charge in [-0.2, -0.15) is 0 Å². The van der Waals surface area contributed by atoms with Crippen LogP contribution in [0.25, 0.3) is 0 Å². The number of aryl methyl sites for hydroxylation is 1. The van der Waals surface area contributed by atoms with Crippen LogP contribution in [0.2, 0.25) is 0 Å². The Bertz CT molecular complexity index is 581. The molecule has 0 saturated heterocycles. The lowest BCUT2D eigenvalue weighted by Crippen LogP contribution is -2.06. The molecule has 0 radical (unpaired) electrons. The van der Waals surface area contributed by atoms with Crippen LogP contribution in [-0.4, -0.2) is 11.7 Å². The summed E-state index contributed by atoms with van der Waals surface area (Å²) in [7, 11) is 0. The number of ether oxygens (including phenoxy) is 1. The molecule has 2 nitrogen and oxygen atoms in total. The number of para-hydroxylation sites is 1.